The van der Waals surface area contributed by atoms with Crippen molar-refractivity contribution in [3.05, 3.63) is 179 Å². The molecule has 0 saturated carbocycles. The standard InChI is InChI=1S/C52H62O8/c1-37(2)47-38(3)39(4)48(45(58-47)35-53-30-40-20-10-5-11-21-40)60-52-51(57-34-44-28-18-9-19-29-44)50(56-33-43-26-16-8-17-27-43)49(55-32-42-24-14-7-15-25-42)46(59-52)36-54-31-41-22-12-6-13-23-41/h5-29,37-39,45-52H,30-36H2,1-4H3/t38?,39-,45?,46?,47+,48+,49+,50-,51?,52+/m1/s1. The summed E-state index contributed by atoms with van der Waals surface area (Å²) in [5, 5.41) is 0. The van der Waals surface area contributed by atoms with Crippen LogP contribution in [0.2, 0.25) is 0 Å². The van der Waals surface area contributed by atoms with Gasteiger partial charge in [-0.25, -0.2) is 0 Å². The van der Waals surface area contributed by atoms with Gasteiger partial charge in [-0.1, -0.05) is 179 Å². The Morgan fingerprint density at radius 1 is 0.417 bits per heavy atom. The summed E-state index contributed by atoms with van der Waals surface area (Å²) in [4.78, 5) is 0. The van der Waals surface area contributed by atoms with Crippen LogP contribution in [-0.4, -0.2) is 62.2 Å². The summed E-state index contributed by atoms with van der Waals surface area (Å²) in [6.07, 6.45) is -3.96. The molecule has 2 aliphatic heterocycles. The third kappa shape index (κ3) is 12.2. The van der Waals surface area contributed by atoms with E-state index in [0.29, 0.717) is 45.6 Å². The van der Waals surface area contributed by atoms with Gasteiger partial charge in [0.15, 0.2) is 6.29 Å². The number of hydrogen-bond acceptors (Lipinski definition) is 8. The van der Waals surface area contributed by atoms with Gasteiger partial charge in [0.2, 0.25) is 0 Å². The van der Waals surface area contributed by atoms with E-state index in [1.54, 1.807) is 0 Å². The molecule has 60 heavy (non-hydrogen) atoms. The van der Waals surface area contributed by atoms with Crippen LogP contribution in [0.25, 0.3) is 0 Å². The minimum atomic E-state index is -0.855. The first-order valence-corrected chi connectivity index (χ1v) is 21.6. The average molecular weight is 815 g/mol. The highest BCUT2D eigenvalue weighted by Gasteiger charge is 2.52. The normalized spacial score (nSPS) is 26.9. The third-order valence-electron chi connectivity index (χ3n) is 11.7. The number of ether oxygens (including phenoxy) is 8. The van der Waals surface area contributed by atoms with Gasteiger partial charge in [0.1, 0.15) is 30.5 Å². The van der Waals surface area contributed by atoms with Crippen molar-refractivity contribution < 1.29 is 37.9 Å². The van der Waals surface area contributed by atoms with E-state index in [-0.39, 0.29) is 36.8 Å². The van der Waals surface area contributed by atoms with Crippen LogP contribution in [0.1, 0.15) is 55.5 Å². The second-order valence-electron chi connectivity index (χ2n) is 16.5. The zero-order valence-corrected chi connectivity index (χ0v) is 35.5. The molecule has 2 heterocycles. The monoisotopic (exact) mass is 814 g/mol. The van der Waals surface area contributed by atoms with Crippen molar-refractivity contribution in [1.29, 1.82) is 0 Å². The molecule has 8 heteroatoms. The summed E-state index contributed by atoms with van der Waals surface area (Å²) in [7, 11) is 0. The average Bonchev–Trinajstić information content (AvgIpc) is 3.28. The summed E-state index contributed by atoms with van der Waals surface area (Å²) in [6, 6.07) is 51.0. The van der Waals surface area contributed by atoms with Crippen LogP contribution in [0.15, 0.2) is 152 Å². The van der Waals surface area contributed by atoms with E-state index in [9.17, 15) is 0 Å². The molecule has 0 bridgehead atoms. The lowest BCUT2D eigenvalue weighted by Gasteiger charge is -2.50. The fourth-order valence-electron chi connectivity index (χ4n) is 8.33. The molecule has 0 spiro atoms. The van der Waals surface area contributed by atoms with Crippen LogP contribution in [0.5, 0.6) is 0 Å². The van der Waals surface area contributed by atoms with Crippen LogP contribution in [-0.2, 0) is 70.9 Å². The van der Waals surface area contributed by atoms with Gasteiger partial charge in [-0.05, 0) is 45.6 Å². The summed E-state index contributed by atoms with van der Waals surface area (Å²) in [5.41, 5.74) is 5.30. The van der Waals surface area contributed by atoms with Crippen molar-refractivity contribution in [2.45, 2.75) is 110 Å². The van der Waals surface area contributed by atoms with Gasteiger partial charge < -0.3 is 37.9 Å². The van der Waals surface area contributed by atoms with Crippen molar-refractivity contribution in [1.82, 2.24) is 0 Å². The van der Waals surface area contributed by atoms with Gasteiger partial charge in [0.05, 0.1) is 58.5 Å². The molecule has 5 aromatic rings. The summed E-state index contributed by atoms with van der Waals surface area (Å²) >= 11 is 0. The molecule has 2 fully saturated rings. The molecule has 2 saturated heterocycles. The Hall–Kier alpha value is -4.22. The highest BCUT2D eigenvalue weighted by atomic mass is 16.7. The van der Waals surface area contributed by atoms with Gasteiger partial charge in [-0.15, -0.1) is 0 Å². The first-order valence-electron chi connectivity index (χ1n) is 21.6. The second kappa shape index (κ2) is 22.6. The van der Waals surface area contributed by atoms with Crippen LogP contribution in [0.3, 0.4) is 0 Å². The van der Waals surface area contributed by atoms with Crippen LogP contribution < -0.4 is 0 Å². The minimum Gasteiger partial charge on any atom is -0.374 e. The summed E-state index contributed by atoms with van der Waals surface area (Å²) in [5.74, 6) is 0.639. The zero-order chi connectivity index (χ0) is 41.5. The molecule has 10 atom stereocenters. The first-order chi connectivity index (χ1) is 29.4. The van der Waals surface area contributed by atoms with Crippen molar-refractivity contribution in [3.63, 3.8) is 0 Å². The molecule has 0 aromatic heterocycles. The van der Waals surface area contributed by atoms with Crippen LogP contribution in [0, 0.1) is 17.8 Å². The highest BCUT2D eigenvalue weighted by molar-refractivity contribution is 5.17. The molecule has 0 radical (unpaired) electrons. The minimum absolute atomic E-state index is 0.0411. The molecule has 0 N–H and O–H groups in total. The largest absolute Gasteiger partial charge is 0.374 e. The first kappa shape index (κ1) is 43.9. The zero-order valence-electron chi connectivity index (χ0n) is 35.5. The van der Waals surface area contributed by atoms with Gasteiger partial charge in [-0.2, -0.15) is 0 Å². The Kier molecular flexibility index (Phi) is 16.5. The number of hydrogen-bond donors (Lipinski definition) is 0. The van der Waals surface area contributed by atoms with E-state index in [4.69, 9.17) is 37.9 Å². The van der Waals surface area contributed by atoms with E-state index in [1.165, 1.54) is 0 Å². The molecule has 4 unspecified atom stereocenters. The van der Waals surface area contributed by atoms with E-state index < -0.39 is 30.7 Å². The molecule has 0 aliphatic carbocycles. The maximum absolute atomic E-state index is 7.30. The van der Waals surface area contributed by atoms with Gasteiger partial charge in [-0.3, -0.25) is 0 Å². The van der Waals surface area contributed by atoms with Crippen LogP contribution >= 0.6 is 0 Å². The Morgan fingerprint density at radius 2 is 0.783 bits per heavy atom. The predicted octanol–water partition coefficient (Wildman–Crippen LogP) is 9.98. The summed E-state index contributed by atoms with van der Waals surface area (Å²) in [6.45, 7) is 11.5. The molecule has 318 valence electrons. The van der Waals surface area contributed by atoms with Crippen molar-refractivity contribution >= 4 is 0 Å². The van der Waals surface area contributed by atoms with Crippen molar-refractivity contribution in [2.24, 2.45) is 17.8 Å². The lowest BCUT2D eigenvalue weighted by Crippen LogP contribution is -2.64. The quantitative estimate of drug-likeness (QED) is 0.0770. The van der Waals surface area contributed by atoms with E-state index in [0.717, 1.165) is 27.8 Å². The van der Waals surface area contributed by atoms with E-state index in [2.05, 4.69) is 88.4 Å². The Balaban J connectivity index is 1.22. The molecule has 2 aliphatic rings. The number of rotatable bonds is 20. The van der Waals surface area contributed by atoms with Gasteiger partial charge >= 0.3 is 0 Å². The van der Waals surface area contributed by atoms with Crippen molar-refractivity contribution in [3.8, 4) is 0 Å². The van der Waals surface area contributed by atoms with Crippen LogP contribution in [0.4, 0.5) is 0 Å². The molecule has 7 rings (SSSR count). The Bertz CT molecular complexity index is 1920. The van der Waals surface area contributed by atoms with E-state index in [1.807, 2.05) is 91.0 Å². The lowest BCUT2D eigenvalue weighted by atomic mass is 9.78. The van der Waals surface area contributed by atoms with Gasteiger partial charge in [0, 0.05) is 0 Å². The Morgan fingerprint density at radius 3 is 1.20 bits per heavy atom. The topological polar surface area (TPSA) is 73.8 Å². The highest BCUT2D eigenvalue weighted by Crippen LogP contribution is 2.39. The fraction of sp³-hybridized carbons (Fsp3) is 0.423. The smallest absolute Gasteiger partial charge is 0.187 e. The molecular weight excluding hydrogens is 753 g/mol. The summed E-state index contributed by atoms with van der Waals surface area (Å²) < 4.78 is 55.1. The molecule has 8 nitrogen and oxygen atoms in total. The van der Waals surface area contributed by atoms with Crippen molar-refractivity contribution in [2.75, 3.05) is 13.2 Å². The predicted molar refractivity (Wildman–Crippen MR) is 233 cm³/mol. The fourth-order valence-corrected chi connectivity index (χ4v) is 8.33. The second-order valence-corrected chi connectivity index (χ2v) is 16.5. The number of benzene rings is 5. The Labute approximate surface area is 357 Å². The maximum atomic E-state index is 7.30. The van der Waals surface area contributed by atoms with E-state index >= 15 is 0 Å². The third-order valence-corrected chi connectivity index (χ3v) is 11.7. The molecular formula is C52H62O8. The maximum Gasteiger partial charge on any atom is 0.187 e. The SMILES string of the molecule is CC(C)[C@@H]1OC(COCc2ccccc2)[C@@H](O[C@@H]2OC(COCc3ccccc3)[C@H](OCc3ccccc3)[C@@H](OCc3ccccc3)C2OCc2ccccc2)[C@H](C)C1C. The van der Waals surface area contributed by atoms with Gasteiger partial charge in [0.25, 0.3) is 0 Å². The molecule has 5 aromatic carbocycles. The molecule has 0 amide bonds. The lowest BCUT2D eigenvalue weighted by molar-refractivity contribution is -0.353.